The molecule has 1 unspecified atom stereocenters. The molecule has 4 heterocycles. The van der Waals surface area contributed by atoms with Gasteiger partial charge in [0.15, 0.2) is 0 Å². The summed E-state index contributed by atoms with van der Waals surface area (Å²) in [6, 6.07) is 17.0. The molecule has 0 spiro atoms. The van der Waals surface area contributed by atoms with Crippen LogP contribution >= 0.6 is 0 Å². The SMILES string of the molecule is NC[C@]1(c2ccccc2F)[C@@H]2CCN(c3cnc4c(n3)C=NC4c3ccnc4ccccc34)C[C@@H]21. The molecule has 2 N–H and O–H groups in total. The van der Waals surface area contributed by atoms with Crippen molar-refractivity contribution in [2.24, 2.45) is 22.6 Å². The summed E-state index contributed by atoms with van der Waals surface area (Å²) in [6.07, 6.45) is 6.49. The zero-order valence-corrected chi connectivity index (χ0v) is 19.2. The molecule has 2 fully saturated rings. The van der Waals surface area contributed by atoms with E-state index < -0.39 is 0 Å². The fourth-order valence-electron chi connectivity index (χ4n) is 6.50. The summed E-state index contributed by atoms with van der Waals surface area (Å²) in [4.78, 5) is 21.3. The number of hydrogen-bond donors (Lipinski definition) is 1. The van der Waals surface area contributed by atoms with E-state index >= 15 is 0 Å². The van der Waals surface area contributed by atoms with Gasteiger partial charge in [0.1, 0.15) is 23.4 Å². The zero-order valence-electron chi connectivity index (χ0n) is 19.2. The highest BCUT2D eigenvalue weighted by Gasteiger charge is 2.66. The molecule has 0 amide bonds. The summed E-state index contributed by atoms with van der Waals surface area (Å²) in [6.45, 7) is 2.13. The van der Waals surface area contributed by atoms with Gasteiger partial charge in [0.2, 0.25) is 0 Å². The van der Waals surface area contributed by atoms with Gasteiger partial charge in [0.25, 0.3) is 0 Å². The molecule has 0 bridgehead atoms. The predicted molar refractivity (Wildman–Crippen MR) is 134 cm³/mol. The lowest BCUT2D eigenvalue weighted by Gasteiger charge is -2.27. The molecule has 0 radical (unpaired) electrons. The number of hydrogen-bond acceptors (Lipinski definition) is 6. The Morgan fingerprint density at radius 2 is 1.89 bits per heavy atom. The number of pyridine rings is 1. The van der Waals surface area contributed by atoms with Gasteiger partial charge >= 0.3 is 0 Å². The van der Waals surface area contributed by atoms with Crippen LogP contribution in [0.2, 0.25) is 0 Å². The first-order valence-electron chi connectivity index (χ1n) is 12.1. The van der Waals surface area contributed by atoms with Crippen LogP contribution in [-0.2, 0) is 5.41 Å². The van der Waals surface area contributed by atoms with Gasteiger partial charge in [-0.3, -0.25) is 15.0 Å². The molecule has 2 aliphatic heterocycles. The molecular weight excluding hydrogens is 439 g/mol. The first-order valence-corrected chi connectivity index (χ1v) is 12.1. The van der Waals surface area contributed by atoms with Crippen molar-refractivity contribution in [3.8, 4) is 0 Å². The average molecular weight is 465 g/mol. The predicted octanol–water partition coefficient (Wildman–Crippen LogP) is 4.04. The van der Waals surface area contributed by atoms with E-state index in [0.29, 0.717) is 18.4 Å². The number of nitrogens with two attached hydrogens (primary N) is 1. The van der Waals surface area contributed by atoms with Crippen LogP contribution in [0.5, 0.6) is 0 Å². The largest absolute Gasteiger partial charge is 0.355 e. The summed E-state index contributed by atoms with van der Waals surface area (Å²) in [5, 5.41) is 1.08. The van der Waals surface area contributed by atoms with Gasteiger partial charge in [-0.05, 0) is 47.6 Å². The van der Waals surface area contributed by atoms with Gasteiger partial charge in [-0.2, -0.15) is 0 Å². The van der Waals surface area contributed by atoms with Crippen molar-refractivity contribution >= 4 is 22.9 Å². The Morgan fingerprint density at radius 3 is 2.77 bits per heavy atom. The molecule has 1 saturated heterocycles. The maximum atomic E-state index is 14.7. The van der Waals surface area contributed by atoms with Crippen molar-refractivity contribution in [1.29, 1.82) is 0 Å². The first-order chi connectivity index (χ1) is 17.2. The summed E-state index contributed by atoms with van der Waals surface area (Å²) >= 11 is 0. The van der Waals surface area contributed by atoms with Crippen molar-refractivity contribution in [2.75, 3.05) is 24.5 Å². The Kier molecular flexibility index (Phi) is 4.51. The number of anilines is 1. The first kappa shape index (κ1) is 20.6. The number of piperidine rings is 1. The molecule has 35 heavy (non-hydrogen) atoms. The van der Waals surface area contributed by atoms with Crippen LogP contribution in [0.25, 0.3) is 10.9 Å². The van der Waals surface area contributed by atoms with E-state index in [-0.39, 0.29) is 17.3 Å². The highest BCUT2D eigenvalue weighted by atomic mass is 19.1. The van der Waals surface area contributed by atoms with E-state index in [0.717, 1.165) is 58.7 Å². The summed E-state index contributed by atoms with van der Waals surface area (Å²) in [5.74, 6) is 1.43. The van der Waals surface area contributed by atoms with Crippen LogP contribution in [0.3, 0.4) is 0 Å². The smallest absolute Gasteiger partial charge is 0.147 e. The number of halogens is 1. The Balaban J connectivity index is 1.17. The van der Waals surface area contributed by atoms with E-state index in [9.17, 15) is 4.39 Å². The summed E-state index contributed by atoms with van der Waals surface area (Å²) in [5.41, 5.74) is 10.5. The lowest BCUT2D eigenvalue weighted by Crippen LogP contribution is -2.33. The van der Waals surface area contributed by atoms with Gasteiger partial charge in [0.05, 0.1) is 23.6 Å². The number of rotatable bonds is 4. The Bertz CT molecular complexity index is 1480. The molecule has 1 aliphatic carbocycles. The lowest BCUT2D eigenvalue weighted by atomic mass is 9.91. The standard InChI is InChI=1S/C28H25FN6/c29-22-7-3-2-6-20(22)28(16-30)19-10-12-35(15-21(19)28)25-14-33-27-24(34-25)13-32-26(27)18-9-11-31-23-8-4-1-5-17(18)23/h1-9,11,13-14,19,21,26H,10,12,15-16,30H2/t19-,21+,26?,28-/m1/s1. The Hall–Kier alpha value is -3.71. The number of benzene rings is 2. The number of aliphatic imine (C=N–C) groups is 1. The molecule has 174 valence electrons. The Labute approximate surface area is 202 Å². The molecule has 1 saturated carbocycles. The second-order valence-electron chi connectivity index (χ2n) is 9.77. The van der Waals surface area contributed by atoms with Gasteiger partial charge in [-0.15, -0.1) is 0 Å². The average Bonchev–Trinajstić information content (AvgIpc) is 3.37. The maximum Gasteiger partial charge on any atom is 0.147 e. The topological polar surface area (TPSA) is 80.3 Å². The molecular formula is C28H25FN6. The second-order valence-corrected chi connectivity index (χ2v) is 9.77. The van der Waals surface area contributed by atoms with E-state index in [2.05, 4.69) is 16.0 Å². The third kappa shape index (κ3) is 2.97. The minimum atomic E-state index is -0.279. The highest BCUT2D eigenvalue weighted by molar-refractivity contribution is 5.87. The molecule has 2 aromatic carbocycles. The molecule has 6 nitrogen and oxygen atoms in total. The lowest BCUT2D eigenvalue weighted by molar-refractivity contribution is 0.533. The number of nitrogens with zero attached hydrogens (tertiary/aromatic N) is 5. The van der Waals surface area contributed by atoms with E-state index in [1.165, 1.54) is 0 Å². The van der Waals surface area contributed by atoms with Gasteiger partial charge in [-0.25, -0.2) is 9.37 Å². The highest BCUT2D eigenvalue weighted by Crippen LogP contribution is 2.63. The van der Waals surface area contributed by atoms with Crippen LogP contribution in [0.1, 0.15) is 35.0 Å². The fraction of sp³-hybridized carbons (Fsp3) is 0.286. The minimum absolute atomic E-state index is 0.151. The second kappa shape index (κ2) is 7.65. The van der Waals surface area contributed by atoms with Gasteiger partial charge in [0, 0.05) is 36.6 Å². The van der Waals surface area contributed by atoms with Crippen LogP contribution in [0.4, 0.5) is 10.2 Å². The molecule has 4 aromatic rings. The number of fused-ring (bicyclic) bond motifs is 3. The maximum absolute atomic E-state index is 14.7. The van der Waals surface area contributed by atoms with Crippen LogP contribution in [0, 0.1) is 17.7 Å². The fourth-order valence-corrected chi connectivity index (χ4v) is 6.50. The van der Waals surface area contributed by atoms with Crippen molar-refractivity contribution < 1.29 is 4.39 Å². The van der Waals surface area contributed by atoms with Crippen LogP contribution < -0.4 is 10.6 Å². The third-order valence-corrected chi connectivity index (χ3v) is 8.26. The monoisotopic (exact) mass is 464 g/mol. The summed E-state index contributed by atoms with van der Waals surface area (Å²) < 4.78 is 14.7. The van der Waals surface area contributed by atoms with Crippen LogP contribution in [0.15, 0.2) is 72.0 Å². The van der Waals surface area contributed by atoms with Gasteiger partial charge in [-0.1, -0.05) is 36.4 Å². The van der Waals surface area contributed by atoms with Crippen molar-refractivity contribution in [1.82, 2.24) is 15.0 Å². The minimum Gasteiger partial charge on any atom is -0.355 e. The van der Waals surface area contributed by atoms with Crippen molar-refractivity contribution in [3.05, 3.63) is 95.3 Å². The van der Waals surface area contributed by atoms with E-state index in [1.54, 1.807) is 12.1 Å². The van der Waals surface area contributed by atoms with Crippen molar-refractivity contribution in [2.45, 2.75) is 17.9 Å². The quantitative estimate of drug-likeness (QED) is 0.493. The molecule has 7 heteroatoms. The molecule has 7 rings (SSSR count). The normalized spacial score (nSPS) is 26.6. The third-order valence-electron chi connectivity index (χ3n) is 8.26. The molecule has 3 aliphatic rings. The number of para-hydroxylation sites is 1. The molecule has 4 atom stereocenters. The van der Waals surface area contributed by atoms with E-state index in [4.69, 9.17) is 20.7 Å². The van der Waals surface area contributed by atoms with Gasteiger partial charge < -0.3 is 10.6 Å². The van der Waals surface area contributed by atoms with E-state index in [1.807, 2.05) is 55.0 Å². The molecule has 2 aromatic heterocycles. The van der Waals surface area contributed by atoms with Crippen LogP contribution in [-0.4, -0.2) is 40.8 Å². The van der Waals surface area contributed by atoms with Crippen molar-refractivity contribution in [3.63, 3.8) is 0 Å². The summed E-state index contributed by atoms with van der Waals surface area (Å²) in [7, 11) is 0. The Morgan fingerprint density at radius 1 is 1.03 bits per heavy atom. The zero-order chi connectivity index (χ0) is 23.6. The number of aromatic nitrogens is 3.